The van der Waals surface area contributed by atoms with E-state index in [0.29, 0.717) is 24.7 Å². The number of hydrogen-bond acceptors (Lipinski definition) is 4. The fourth-order valence-electron chi connectivity index (χ4n) is 2.45. The topological polar surface area (TPSA) is 89.5 Å². The van der Waals surface area contributed by atoms with Crippen LogP contribution >= 0.6 is 24.0 Å². The molecule has 1 fully saturated rings. The molecule has 1 aromatic rings. The number of piperidine rings is 1. The van der Waals surface area contributed by atoms with E-state index in [2.05, 4.69) is 0 Å². The van der Waals surface area contributed by atoms with Crippen molar-refractivity contribution < 1.29 is 9.72 Å². The van der Waals surface area contributed by atoms with Crippen LogP contribution in [0.2, 0.25) is 5.02 Å². The molecule has 0 saturated carbocycles. The van der Waals surface area contributed by atoms with Gasteiger partial charge >= 0.3 is 0 Å². The van der Waals surface area contributed by atoms with Gasteiger partial charge in [-0.2, -0.15) is 0 Å². The van der Waals surface area contributed by atoms with Gasteiger partial charge in [-0.1, -0.05) is 11.6 Å². The highest BCUT2D eigenvalue weighted by Crippen LogP contribution is 2.26. The van der Waals surface area contributed by atoms with E-state index in [1.54, 1.807) is 4.90 Å². The van der Waals surface area contributed by atoms with Crippen molar-refractivity contribution in [3.63, 3.8) is 0 Å². The highest BCUT2D eigenvalue weighted by atomic mass is 35.5. The second-order valence-corrected chi connectivity index (χ2v) is 5.35. The summed E-state index contributed by atoms with van der Waals surface area (Å²) in [6, 6.07) is 4.03. The molecular formula is C13H17Cl2N3O3. The van der Waals surface area contributed by atoms with Crippen molar-refractivity contribution in [3.8, 4) is 0 Å². The maximum atomic E-state index is 12.5. The molecule has 2 rings (SSSR count). The smallest absolute Gasteiger partial charge is 0.282 e. The van der Waals surface area contributed by atoms with E-state index < -0.39 is 4.92 Å². The fourth-order valence-corrected chi connectivity index (χ4v) is 2.62. The number of carbonyl (C=O) groups is 1. The van der Waals surface area contributed by atoms with Crippen molar-refractivity contribution in [1.29, 1.82) is 0 Å². The number of amides is 1. The maximum absolute atomic E-state index is 12.5. The predicted octanol–water partition coefficient (Wildman–Crippen LogP) is 2.48. The third-order valence-electron chi connectivity index (χ3n) is 3.53. The zero-order valence-corrected chi connectivity index (χ0v) is 12.9. The Morgan fingerprint density at radius 3 is 2.86 bits per heavy atom. The van der Waals surface area contributed by atoms with Crippen LogP contribution in [0.4, 0.5) is 5.69 Å². The third-order valence-corrected chi connectivity index (χ3v) is 3.76. The molecule has 1 aliphatic heterocycles. The Bertz CT molecular complexity index is 539. The van der Waals surface area contributed by atoms with Crippen LogP contribution in [0.15, 0.2) is 18.2 Å². The van der Waals surface area contributed by atoms with Crippen LogP contribution in [0.3, 0.4) is 0 Å². The van der Waals surface area contributed by atoms with Gasteiger partial charge in [0.15, 0.2) is 0 Å². The van der Waals surface area contributed by atoms with Gasteiger partial charge in [0, 0.05) is 24.2 Å². The van der Waals surface area contributed by atoms with E-state index in [0.717, 1.165) is 12.8 Å². The Morgan fingerprint density at radius 1 is 1.52 bits per heavy atom. The summed E-state index contributed by atoms with van der Waals surface area (Å²) in [5, 5.41) is 11.3. The lowest BCUT2D eigenvalue weighted by Gasteiger charge is -2.32. The Kier molecular flexibility index (Phi) is 6.39. The largest absolute Gasteiger partial charge is 0.338 e. The predicted molar refractivity (Wildman–Crippen MR) is 83.0 cm³/mol. The number of nitrogens with two attached hydrogens (primary N) is 1. The van der Waals surface area contributed by atoms with Crippen LogP contribution in [0.25, 0.3) is 0 Å². The maximum Gasteiger partial charge on any atom is 0.282 e. The molecule has 1 amide bonds. The molecule has 0 spiro atoms. The third kappa shape index (κ3) is 4.06. The summed E-state index contributed by atoms with van der Waals surface area (Å²) in [7, 11) is 0. The first-order valence-corrected chi connectivity index (χ1v) is 6.84. The number of rotatable bonds is 3. The molecular weight excluding hydrogens is 317 g/mol. The molecule has 8 heteroatoms. The monoisotopic (exact) mass is 333 g/mol. The molecule has 1 aliphatic rings. The van der Waals surface area contributed by atoms with Crippen LogP contribution in [0.1, 0.15) is 23.2 Å². The molecule has 0 aromatic heterocycles. The van der Waals surface area contributed by atoms with Gasteiger partial charge in [0.05, 0.1) is 4.92 Å². The molecule has 1 saturated heterocycles. The number of carbonyl (C=O) groups excluding carboxylic acids is 1. The first-order valence-electron chi connectivity index (χ1n) is 6.46. The fraction of sp³-hybridized carbons (Fsp3) is 0.462. The number of nitro benzene ring substituents is 1. The average molecular weight is 334 g/mol. The highest BCUT2D eigenvalue weighted by molar-refractivity contribution is 6.31. The number of halogens is 2. The lowest BCUT2D eigenvalue weighted by molar-refractivity contribution is -0.385. The highest BCUT2D eigenvalue weighted by Gasteiger charge is 2.28. The molecule has 116 valence electrons. The number of hydrogen-bond donors (Lipinski definition) is 1. The van der Waals surface area contributed by atoms with Crippen molar-refractivity contribution >= 4 is 35.6 Å². The zero-order chi connectivity index (χ0) is 14.7. The lowest BCUT2D eigenvalue weighted by atomic mass is 9.97. The van der Waals surface area contributed by atoms with E-state index in [1.165, 1.54) is 18.2 Å². The van der Waals surface area contributed by atoms with E-state index in [9.17, 15) is 14.9 Å². The minimum Gasteiger partial charge on any atom is -0.338 e. The molecule has 6 nitrogen and oxygen atoms in total. The summed E-state index contributed by atoms with van der Waals surface area (Å²) < 4.78 is 0. The van der Waals surface area contributed by atoms with Crippen LogP contribution in [-0.2, 0) is 0 Å². The van der Waals surface area contributed by atoms with E-state index in [-0.39, 0.29) is 35.5 Å². The molecule has 1 aromatic carbocycles. The van der Waals surface area contributed by atoms with Gasteiger partial charge in [0.2, 0.25) is 0 Å². The van der Waals surface area contributed by atoms with Crippen LogP contribution in [0, 0.1) is 16.0 Å². The van der Waals surface area contributed by atoms with Gasteiger partial charge in [0.1, 0.15) is 5.56 Å². The number of benzene rings is 1. The van der Waals surface area contributed by atoms with Gasteiger partial charge in [-0.3, -0.25) is 14.9 Å². The normalized spacial score (nSPS) is 18.0. The van der Waals surface area contributed by atoms with Gasteiger partial charge in [-0.05, 0) is 37.4 Å². The lowest BCUT2D eigenvalue weighted by Crippen LogP contribution is -2.42. The summed E-state index contributed by atoms with van der Waals surface area (Å²) in [5.74, 6) is -0.0942. The molecule has 21 heavy (non-hydrogen) atoms. The molecule has 0 radical (unpaired) electrons. The number of nitro groups is 1. The molecule has 1 heterocycles. The Morgan fingerprint density at radius 2 is 2.24 bits per heavy atom. The first kappa shape index (κ1) is 17.7. The summed E-state index contributed by atoms with van der Waals surface area (Å²) in [6.45, 7) is 1.65. The molecule has 0 aliphatic carbocycles. The van der Waals surface area contributed by atoms with E-state index in [1.807, 2.05) is 0 Å². The van der Waals surface area contributed by atoms with Crippen molar-refractivity contribution in [2.75, 3.05) is 19.6 Å². The van der Waals surface area contributed by atoms with Crippen molar-refractivity contribution in [2.45, 2.75) is 12.8 Å². The summed E-state index contributed by atoms with van der Waals surface area (Å²) >= 11 is 5.85. The Labute approximate surface area is 133 Å². The standard InChI is InChI=1S/C13H16ClN3O3.ClH/c14-10-3-4-12(17(19)20)11(6-10)13(18)16-5-1-2-9(7-15)8-16;/h3-4,6,9H,1-2,5,7-8,15H2;1H. The van der Waals surface area contributed by atoms with Crippen molar-refractivity contribution in [3.05, 3.63) is 38.9 Å². The van der Waals surface area contributed by atoms with Crippen LogP contribution in [-0.4, -0.2) is 35.4 Å². The molecule has 2 N–H and O–H groups in total. The van der Waals surface area contributed by atoms with E-state index >= 15 is 0 Å². The number of likely N-dealkylation sites (tertiary alicyclic amines) is 1. The second-order valence-electron chi connectivity index (χ2n) is 4.91. The molecule has 1 atom stereocenters. The van der Waals surface area contributed by atoms with Crippen LogP contribution < -0.4 is 5.73 Å². The van der Waals surface area contributed by atoms with Crippen LogP contribution in [0.5, 0.6) is 0 Å². The Hall–Kier alpha value is -1.37. The summed E-state index contributed by atoms with van der Waals surface area (Å²) in [6.07, 6.45) is 1.85. The average Bonchev–Trinajstić information content (AvgIpc) is 2.46. The van der Waals surface area contributed by atoms with Gasteiger partial charge in [0.25, 0.3) is 11.6 Å². The minimum absolute atomic E-state index is 0. The number of nitrogens with zero attached hydrogens (tertiary/aromatic N) is 2. The van der Waals surface area contributed by atoms with Gasteiger partial charge in [-0.15, -0.1) is 12.4 Å². The van der Waals surface area contributed by atoms with Crippen molar-refractivity contribution in [1.82, 2.24) is 4.90 Å². The second kappa shape index (κ2) is 7.59. The SMILES string of the molecule is Cl.NCC1CCCN(C(=O)c2cc(Cl)ccc2[N+](=O)[O-])C1. The first-order chi connectivity index (χ1) is 9.52. The Balaban J connectivity index is 0.00000220. The zero-order valence-electron chi connectivity index (χ0n) is 11.3. The quantitative estimate of drug-likeness (QED) is 0.679. The summed E-state index contributed by atoms with van der Waals surface area (Å²) in [4.78, 5) is 24.5. The molecule has 1 unspecified atom stereocenters. The molecule has 0 bridgehead atoms. The minimum atomic E-state index is -0.562. The van der Waals surface area contributed by atoms with Gasteiger partial charge < -0.3 is 10.6 Å². The van der Waals surface area contributed by atoms with Crippen molar-refractivity contribution in [2.24, 2.45) is 11.7 Å². The van der Waals surface area contributed by atoms with E-state index in [4.69, 9.17) is 17.3 Å². The van der Waals surface area contributed by atoms with Gasteiger partial charge in [-0.25, -0.2) is 0 Å². The summed E-state index contributed by atoms with van der Waals surface area (Å²) in [5.41, 5.74) is 5.47.